The number of hydrogen-bond donors (Lipinski definition) is 2. The van der Waals surface area contributed by atoms with E-state index < -0.39 is 0 Å². The van der Waals surface area contributed by atoms with Crippen LogP contribution in [0.3, 0.4) is 0 Å². The van der Waals surface area contributed by atoms with Gasteiger partial charge in [0.25, 0.3) is 0 Å². The molecule has 0 aromatic heterocycles. The largest absolute Gasteiger partial charge is 0.495 e. The summed E-state index contributed by atoms with van der Waals surface area (Å²) in [6.45, 7) is 0. The van der Waals surface area contributed by atoms with Crippen LogP contribution in [0, 0.1) is 5.92 Å². The topological polar surface area (TPSA) is 64.3 Å². The molecule has 4 nitrogen and oxygen atoms in total. The lowest BCUT2D eigenvalue weighted by atomic mass is 10.2. The molecule has 0 radical (unpaired) electrons. The van der Waals surface area contributed by atoms with Crippen LogP contribution in [-0.2, 0) is 4.79 Å². The van der Waals surface area contributed by atoms with Crippen molar-refractivity contribution in [2.45, 2.75) is 12.8 Å². The Kier molecular flexibility index (Phi) is 2.49. The number of benzene rings is 1. The van der Waals surface area contributed by atoms with Gasteiger partial charge < -0.3 is 15.8 Å². The average Bonchev–Trinajstić information content (AvgIpc) is 3.01. The van der Waals surface area contributed by atoms with Crippen LogP contribution >= 0.6 is 0 Å². The Balaban J connectivity index is 2.08. The Labute approximate surface area is 88.4 Å². The number of nitrogen functional groups attached to an aromatic ring is 1. The van der Waals surface area contributed by atoms with E-state index in [4.69, 9.17) is 10.5 Å². The number of nitrogens with one attached hydrogen (secondary N) is 1. The highest BCUT2D eigenvalue weighted by atomic mass is 16.5. The van der Waals surface area contributed by atoms with Gasteiger partial charge in [-0.05, 0) is 31.0 Å². The SMILES string of the molecule is COc1ccc(NC(=O)C2CC2)cc1N. The minimum Gasteiger partial charge on any atom is -0.495 e. The first-order chi connectivity index (χ1) is 7.20. The first-order valence-corrected chi connectivity index (χ1v) is 4.95. The first-order valence-electron chi connectivity index (χ1n) is 4.95. The maximum Gasteiger partial charge on any atom is 0.227 e. The lowest BCUT2D eigenvalue weighted by Crippen LogP contribution is -2.13. The van der Waals surface area contributed by atoms with Crippen molar-refractivity contribution in [3.63, 3.8) is 0 Å². The molecule has 80 valence electrons. The number of amides is 1. The summed E-state index contributed by atoms with van der Waals surface area (Å²) in [6, 6.07) is 5.24. The quantitative estimate of drug-likeness (QED) is 0.739. The lowest BCUT2D eigenvalue weighted by Gasteiger charge is -2.08. The van der Waals surface area contributed by atoms with Crippen molar-refractivity contribution in [1.82, 2.24) is 0 Å². The van der Waals surface area contributed by atoms with Gasteiger partial charge >= 0.3 is 0 Å². The number of nitrogens with two attached hydrogens (primary N) is 1. The van der Waals surface area contributed by atoms with Gasteiger partial charge in [0.05, 0.1) is 12.8 Å². The molecule has 0 atom stereocenters. The van der Waals surface area contributed by atoms with Gasteiger partial charge in [-0.15, -0.1) is 0 Å². The number of hydrogen-bond acceptors (Lipinski definition) is 3. The zero-order valence-corrected chi connectivity index (χ0v) is 8.62. The van der Waals surface area contributed by atoms with Crippen molar-refractivity contribution < 1.29 is 9.53 Å². The number of carbonyl (C=O) groups excluding carboxylic acids is 1. The van der Waals surface area contributed by atoms with Gasteiger partial charge in [0.1, 0.15) is 5.75 Å². The van der Waals surface area contributed by atoms with Gasteiger partial charge in [0, 0.05) is 11.6 Å². The summed E-state index contributed by atoms with van der Waals surface area (Å²) >= 11 is 0. The Bertz CT molecular complexity index is 386. The molecular weight excluding hydrogens is 192 g/mol. The molecule has 1 aromatic carbocycles. The molecule has 0 spiro atoms. The molecule has 0 aliphatic heterocycles. The van der Waals surface area contributed by atoms with Crippen LogP contribution in [0.4, 0.5) is 11.4 Å². The molecule has 1 aliphatic rings. The van der Waals surface area contributed by atoms with Crippen molar-refractivity contribution >= 4 is 17.3 Å². The van der Waals surface area contributed by atoms with Crippen molar-refractivity contribution in [2.75, 3.05) is 18.2 Å². The predicted octanol–water partition coefficient (Wildman–Crippen LogP) is 1.63. The minimum atomic E-state index is 0.0829. The second-order valence-electron chi connectivity index (χ2n) is 3.72. The summed E-state index contributed by atoms with van der Waals surface area (Å²) < 4.78 is 5.03. The third kappa shape index (κ3) is 2.21. The van der Waals surface area contributed by atoms with Crippen LogP contribution in [0.15, 0.2) is 18.2 Å². The Morgan fingerprint density at radius 2 is 2.27 bits per heavy atom. The van der Waals surface area contributed by atoms with E-state index in [1.807, 2.05) is 0 Å². The second-order valence-corrected chi connectivity index (χ2v) is 3.72. The van der Waals surface area contributed by atoms with Crippen LogP contribution in [0.5, 0.6) is 5.75 Å². The average molecular weight is 206 g/mol. The monoisotopic (exact) mass is 206 g/mol. The normalized spacial score (nSPS) is 14.7. The number of ether oxygens (including phenoxy) is 1. The summed E-state index contributed by atoms with van der Waals surface area (Å²) in [7, 11) is 1.56. The number of carbonyl (C=O) groups is 1. The molecule has 1 saturated carbocycles. The second kappa shape index (κ2) is 3.81. The first kappa shape index (κ1) is 9.83. The van der Waals surface area contributed by atoms with E-state index in [1.165, 1.54) is 0 Å². The van der Waals surface area contributed by atoms with Crippen molar-refractivity contribution in [1.29, 1.82) is 0 Å². The molecule has 0 bridgehead atoms. The number of rotatable bonds is 3. The molecule has 0 saturated heterocycles. The van der Waals surface area contributed by atoms with Crippen molar-refractivity contribution in [3.05, 3.63) is 18.2 Å². The molecule has 0 unspecified atom stereocenters. The molecule has 1 fully saturated rings. The summed E-state index contributed by atoms with van der Waals surface area (Å²) in [5, 5.41) is 2.82. The van der Waals surface area contributed by atoms with Gasteiger partial charge in [-0.3, -0.25) is 4.79 Å². The summed E-state index contributed by atoms with van der Waals surface area (Å²) in [4.78, 5) is 11.5. The zero-order valence-electron chi connectivity index (χ0n) is 8.62. The van der Waals surface area contributed by atoms with Crippen molar-refractivity contribution in [2.24, 2.45) is 5.92 Å². The maximum absolute atomic E-state index is 11.5. The molecule has 4 heteroatoms. The fourth-order valence-corrected chi connectivity index (χ4v) is 1.40. The van der Waals surface area contributed by atoms with E-state index in [1.54, 1.807) is 25.3 Å². The van der Waals surface area contributed by atoms with Crippen molar-refractivity contribution in [3.8, 4) is 5.75 Å². The van der Waals surface area contributed by atoms with E-state index in [0.717, 1.165) is 18.5 Å². The maximum atomic E-state index is 11.5. The van der Waals surface area contributed by atoms with Gasteiger partial charge in [-0.25, -0.2) is 0 Å². The molecule has 15 heavy (non-hydrogen) atoms. The third-order valence-corrected chi connectivity index (χ3v) is 2.45. The molecule has 1 amide bonds. The fraction of sp³-hybridized carbons (Fsp3) is 0.364. The Morgan fingerprint density at radius 3 is 2.80 bits per heavy atom. The zero-order chi connectivity index (χ0) is 10.8. The highest BCUT2D eigenvalue weighted by Gasteiger charge is 2.29. The van der Waals surface area contributed by atoms with Gasteiger partial charge in [0.2, 0.25) is 5.91 Å². The summed E-state index contributed by atoms with van der Waals surface area (Å²) in [5.74, 6) is 0.910. The summed E-state index contributed by atoms with van der Waals surface area (Å²) in [5.41, 5.74) is 6.98. The minimum absolute atomic E-state index is 0.0829. The van der Waals surface area contributed by atoms with E-state index in [9.17, 15) is 4.79 Å². The molecular formula is C11H14N2O2. The van der Waals surface area contributed by atoms with E-state index >= 15 is 0 Å². The van der Waals surface area contributed by atoms with Crippen LogP contribution in [-0.4, -0.2) is 13.0 Å². The summed E-state index contributed by atoms with van der Waals surface area (Å²) in [6.07, 6.45) is 1.99. The molecule has 1 aromatic rings. The number of methoxy groups -OCH3 is 1. The molecule has 0 heterocycles. The van der Waals surface area contributed by atoms with Crippen LogP contribution in [0.2, 0.25) is 0 Å². The van der Waals surface area contributed by atoms with E-state index in [0.29, 0.717) is 11.4 Å². The van der Waals surface area contributed by atoms with E-state index in [-0.39, 0.29) is 11.8 Å². The third-order valence-electron chi connectivity index (χ3n) is 2.45. The van der Waals surface area contributed by atoms with E-state index in [2.05, 4.69) is 5.32 Å². The molecule has 3 N–H and O–H groups in total. The highest BCUT2D eigenvalue weighted by Crippen LogP contribution is 2.31. The molecule has 2 rings (SSSR count). The predicted molar refractivity (Wildman–Crippen MR) is 58.8 cm³/mol. The standard InChI is InChI=1S/C11H14N2O2/c1-15-10-5-4-8(6-9(10)12)13-11(14)7-2-3-7/h4-7H,2-3,12H2,1H3,(H,13,14). The Morgan fingerprint density at radius 1 is 1.53 bits per heavy atom. The fourth-order valence-electron chi connectivity index (χ4n) is 1.40. The Hall–Kier alpha value is -1.71. The van der Waals surface area contributed by atoms with Gasteiger partial charge in [-0.1, -0.05) is 0 Å². The van der Waals surface area contributed by atoms with Crippen LogP contribution in [0.25, 0.3) is 0 Å². The van der Waals surface area contributed by atoms with Crippen LogP contribution < -0.4 is 15.8 Å². The smallest absolute Gasteiger partial charge is 0.227 e. The highest BCUT2D eigenvalue weighted by molar-refractivity contribution is 5.94. The number of anilines is 2. The van der Waals surface area contributed by atoms with Gasteiger partial charge in [-0.2, -0.15) is 0 Å². The lowest BCUT2D eigenvalue weighted by molar-refractivity contribution is -0.117. The molecule has 1 aliphatic carbocycles. The van der Waals surface area contributed by atoms with Crippen LogP contribution in [0.1, 0.15) is 12.8 Å². The van der Waals surface area contributed by atoms with Gasteiger partial charge in [0.15, 0.2) is 0 Å².